The highest BCUT2D eigenvalue weighted by Crippen LogP contribution is 2.52. The van der Waals surface area contributed by atoms with Crippen molar-refractivity contribution in [3.63, 3.8) is 0 Å². The van der Waals surface area contributed by atoms with Gasteiger partial charge in [0.2, 0.25) is 0 Å². The molecule has 1 heteroatoms. The van der Waals surface area contributed by atoms with Gasteiger partial charge in [-0.15, -0.1) is 0 Å². The summed E-state index contributed by atoms with van der Waals surface area (Å²) in [6.45, 7) is 9.40. The molecule has 0 unspecified atom stereocenters. The first-order valence-electron chi connectivity index (χ1n) is 13.2. The minimum absolute atomic E-state index is 0.0358. The molecule has 7 rings (SSSR count). The highest BCUT2D eigenvalue weighted by Gasteiger charge is 2.37. The number of nitrogens with zero attached hydrogens (tertiary/aromatic N) is 1. The van der Waals surface area contributed by atoms with Gasteiger partial charge in [-0.2, -0.15) is 0 Å². The van der Waals surface area contributed by atoms with E-state index in [4.69, 9.17) is 0 Å². The van der Waals surface area contributed by atoms with Gasteiger partial charge in [-0.3, -0.25) is 0 Å². The van der Waals surface area contributed by atoms with Gasteiger partial charge in [-0.25, -0.2) is 0 Å². The van der Waals surface area contributed by atoms with E-state index in [9.17, 15) is 0 Å². The summed E-state index contributed by atoms with van der Waals surface area (Å²) in [7, 11) is 0. The number of rotatable bonds is 3. The second-order valence-corrected chi connectivity index (χ2v) is 11.5. The average molecular weight is 478 g/mol. The van der Waals surface area contributed by atoms with E-state index >= 15 is 0 Å². The van der Waals surface area contributed by atoms with Crippen LogP contribution in [-0.4, -0.2) is 0 Å². The van der Waals surface area contributed by atoms with Crippen LogP contribution in [-0.2, 0) is 10.8 Å². The molecule has 0 aromatic heterocycles. The van der Waals surface area contributed by atoms with Crippen molar-refractivity contribution in [2.75, 3.05) is 4.90 Å². The van der Waals surface area contributed by atoms with Gasteiger partial charge >= 0.3 is 0 Å². The molecule has 0 aliphatic heterocycles. The van der Waals surface area contributed by atoms with E-state index in [1.807, 2.05) is 0 Å². The number of hydrogen-bond acceptors (Lipinski definition) is 1. The second-order valence-electron chi connectivity index (χ2n) is 11.5. The van der Waals surface area contributed by atoms with Gasteiger partial charge in [0.15, 0.2) is 0 Å². The molecule has 0 saturated carbocycles. The van der Waals surface area contributed by atoms with E-state index in [0.717, 1.165) is 0 Å². The van der Waals surface area contributed by atoms with E-state index in [1.54, 1.807) is 0 Å². The lowest BCUT2D eigenvalue weighted by Crippen LogP contribution is -2.18. The van der Waals surface area contributed by atoms with Crippen LogP contribution >= 0.6 is 0 Å². The van der Waals surface area contributed by atoms with Crippen LogP contribution in [0.3, 0.4) is 0 Å². The zero-order valence-electron chi connectivity index (χ0n) is 21.9. The second kappa shape index (κ2) is 7.70. The Hall–Kier alpha value is -4.10. The molecule has 0 fully saturated rings. The topological polar surface area (TPSA) is 3.24 Å². The van der Waals surface area contributed by atoms with Gasteiger partial charge in [-0.1, -0.05) is 107 Å². The van der Waals surface area contributed by atoms with Crippen molar-refractivity contribution >= 4 is 17.1 Å². The maximum Gasteiger partial charge on any atom is 0.0465 e. The van der Waals surface area contributed by atoms with E-state index in [0.29, 0.717) is 0 Å². The third-order valence-corrected chi connectivity index (χ3v) is 8.66. The van der Waals surface area contributed by atoms with Gasteiger partial charge in [0, 0.05) is 27.9 Å². The Morgan fingerprint density at radius 2 is 0.784 bits per heavy atom. The van der Waals surface area contributed by atoms with Gasteiger partial charge in [-0.05, 0) is 80.9 Å². The number of para-hydroxylation sites is 1. The number of fused-ring (bicyclic) bond motifs is 6. The fourth-order valence-corrected chi connectivity index (χ4v) is 6.69. The summed E-state index contributed by atoms with van der Waals surface area (Å²) in [4.78, 5) is 2.42. The van der Waals surface area contributed by atoms with Gasteiger partial charge < -0.3 is 4.90 Å². The fourth-order valence-electron chi connectivity index (χ4n) is 6.69. The zero-order chi connectivity index (χ0) is 25.4. The summed E-state index contributed by atoms with van der Waals surface area (Å²) in [6.07, 6.45) is 0. The summed E-state index contributed by atoms with van der Waals surface area (Å²) in [6, 6.07) is 42.5. The highest BCUT2D eigenvalue weighted by molar-refractivity contribution is 5.88. The minimum Gasteiger partial charge on any atom is -0.310 e. The van der Waals surface area contributed by atoms with Crippen molar-refractivity contribution in [2.45, 2.75) is 38.5 Å². The number of anilines is 3. The van der Waals surface area contributed by atoms with Gasteiger partial charge in [0.25, 0.3) is 0 Å². The Morgan fingerprint density at radius 3 is 1.27 bits per heavy atom. The molecule has 0 saturated heterocycles. The predicted octanol–water partition coefficient (Wildman–Crippen LogP) is 9.77. The molecule has 2 aliphatic rings. The van der Waals surface area contributed by atoms with Crippen molar-refractivity contribution in [1.29, 1.82) is 0 Å². The van der Waals surface area contributed by atoms with Crippen LogP contribution in [0.2, 0.25) is 0 Å². The van der Waals surface area contributed by atoms with Crippen molar-refractivity contribution in [3.8, 4) is 22.3 Å². The Balaban J connectivity index is 1.41. The Labute approximate surface area is 220 Å². The summed E-state index contributed by atoms with van der Waals surface area (Å²) >= 11 is 0. The molecule has 5 aromatic carbocycles. The van der Waals surface area contributed by atoms with Crippen LogP contribution < -0.4 is 4.90 Å². The normalized spacial score (nSPS) is 15.5. The van der Waals surface area contributed by atoms with Crippen LogP contribution in [0.5, 0.6) is 0 Å². The van der Waals surface area contributed by atoms with Crippen molar-refractivity contribution in [3.05, 3.63) is 138 Å². The zero-order valence-corrected chi connectivity index (χ0v) is 21.9. The monoisotopic (exact) mass is 477 g/mol. The summed E-state index contributed by atoms with van der Waals surface area (Å²) in [5, 5.41) is 0. The minimum atomic E-state index is -0.0358. The molecule has 1 nitrogen and oxygen atoms in total. The molecule has 0 amide bonds. The SMILES string of the molecule is CC1(C)c2ccccc2-c2ccc(N(c3ccccc3)c3ccc4c(c3)C(C)(C)c3ccccc3-4)cc21. The van der Waals surface area contributed by atoms with Gasteiger partial charge in [0.1, 0.15) is 0 Å². The molecule has 0 atom stereocenters. The molecule has 2 aliphatic carbocycles. The third kappa shape index (κ3) is 3.10. The molecule has 5 aromatic rings. The van der Waals surface area contributed by atoms with E-state index in [1.165, 1.54) is 61.6 Å². The van der Waals surface area contributed by atoms with E-state index < -0.39 is 0 Å². The van der Waals surface area contributed by atoms with Crippen LogP contribution in [0.1, 0.15) is 49.9 Å². The predicted molar refractivity (Wildman–Crippen MR) is 156 cm³/mol. The fraction of sp³-hybridized carbons (Fsp3) is 0.167. The summed E-state index contributed by atoms with van der Waals surface area (Å²) < 4.78 is 0. The molecule has 0 bridgehead atoms. The first kappa shape index (κ1) is 22.1. The van der Waals surface area contributed by atoms with Crippen LogP contribution in [0.25, 0.3) is 22.3 Å². The molecule has 37 heavy (non-hydrogen) atoms. The molecular formula is C36H31N. The van der Waals surface area contributed by atoms with Gasteiger partial charge in [0.05, 0.1) is 0 Å². The smallest absolute Gasteiger partial charge is 0.0465 e. The quantitative estimate of drug-likeness (QED) is 0.250. The average Bonchev–Trinajstić information content (AvgIpc) is 3.29. The first-order chi connectivity index (χ1) is 17.9. The van der Waals surface area contributed by atoms with E-state index in [-0.39, 0.29) is 10.8 Å². The summed E-state index contributed by atoms with van der Waals surface area (Å²) in [5.74, 6) is 0. The van der Waals surface area contributed by atoms with Crippen molar-refractivity contribution in [1.82, 2.24) is 0 Å². The molecular weight excluding hydrogens is 446 g/mol. The largest absolute Gasteiger partial charge is 0.310 e. The molecule has 0 spiro atoms. The maximum absolute atomic E-state index is 2.42. The lowest BCUT2D eigenvalue weighted by molar-refractivity contribution is 0.660. The Morgan fingerprint density at radius 1 is 0.378 bits per heavy atom. The Kier molecular flexibility index (Phi) is 4.60. The summed E-state index contributed by atoms with van der Waals surface area (Å²) in [5.41, 5.74) is 14.5. The number of benzene rings is 5. The molecule has 180 valence electrons. The first-order valence-corrected chi connectivity index (χ1v) is 13.2. The standard InChI is InChI=1S/C36H31N/c1-35(2)31-16-10-8-14-27(31)29-20-18-25(22-33(29)35)37(24-12-6-5-7-13-24)26-19-21-30-28-15-9-11-17-32(28)36(3,4)34(30)23-26/h5-23H,1-4H3. The number of hydrogen-bond donors (Lipinski definition) is 0. The third-order valence-electron chi connectivity index (χ3n) is 8.66. The van der Waals surface area contributed by atoms with Crippen molar-refractivity contribution in [2.24, 2.45) is 0 Å². The lowest BCUT2D eigenvalue weighted by atomic mass is 9.82. The molecule has 0 radical (unpaired) electrons. The highest BCUT2D eigenvalue weighted by atomic mass is 15.1. The lowest BCUT2D eigenvalue weighted by Gasteiger charge is -2.29. The Bertz CT molecular complexity index is 1570. The molecule has 0 N–H and O–H groups in total. The maximum atomic E-state index is 2.42. The van der Waals surface area contributed by atoms with Crippen LogP contribution in [0, 0.1) is 0 Å². The van der Waals surface area contributed by atoms with Crippen LogP contribution in [0.15, 0.2) is 115 Å². The van der Waals surface area contributed by atoms with E-state index in [2.05, 4.69) is 148 Å². The molecule has 0 heterocycles. The van der Waals surface area contributed by atoms with Crippen molar-refractivity contribution < 1.29 is 0 Å². The van der Waals surface area contributed by atoms with Crippen LogP contribution in [0.4, 0.5) is 17.1 Å².